The maximum absolute atomic E-state index is 13.2. The number of aliphatic hydroxyl groups excluding tert-OH is 1. The Bertz CT molecular complexity index is 1340. The molecule has 0 radical (unpaired) electrons. The average molecular weight is 398 g/mol. The molecule has 0 atom stereocenters. The highest BCUT2D eigenvalue weighted by Gasteiger charge is 2.16. The summed E-state index contributed by atoms with van der Waals surface area (Å²) < 4.78 is 1.31. The summed E-state index contributed by atoms with van der Waals surface area (Å²) in [7, 11) is 0. The predicted octanol–water partition coefficient (Wildman–Crippen LogP) is 4.56. The molecule has 0 unspecified atom stereocenters. The molecule has 1 aromatic heterocycles. The Labute approximate surface area is 174 Å². The van der Waals surface area contributed by atoms with E-state index < -0.39 is 0 Å². The van der Waals surface area contributed by atoms with Crippen molar-refractivity contribution in [3.63, 3.8) is 0 Å². The molecule has 0 saturated carbocycles. The van der Waals surface area contributed by atoms with E-state index in [1.54, 1.807) is 36.5 Å². The summed E-state index contributed by atoms with van der Waals surface area (Å²) in [4.78, 5) is 17.7. The molecule has 2 N–H and O–H groups in total. The number of aryl methyl sites for hydroxylation is 2. The number of aromatic hydroxyl groups is 1. The zero-order chi connectivity index (χ0) is 21.3. The lowest BCUT2D eigenvalue weighted by Gasteiger charge is -2.15. The second-order valence-electron chi connectivity index (χ2n) is 7.24. The zero-order valence-corrected chi connectivity index (χ0v) is 16.8. The van der Waals surface area contributed by atoms with Crippen LogP contribution in [-0.2, 0) is 6.61 Å². The topological polar surface area (TPSA) is 74.8 Å². The number of nitrogens with zero attached hydrogens (tertiary/aromatic N) is 2. The van der Waals surface area contributed by atoms with Gasteiger partial charge in [-0.25, -0.2) is 4.57 Å². The van der Waals surface area contributed by atoms with Crippen LogP contribution in [0, 0.1) is 13.8 Å². The van der Waals surface area contributed by atoms with E-state index in [1.807, 2.05) is 50.2 Å². The van der Waals surface area contributed by atoms with Crippen molar-refractivity contribution >= 4 is 22.7 Å². The number of pyridine rings is 1. The minimum absolute atomic E-state index is 0.137. The Hall–Kier alpha value is -3.70. The van der Waals surface area contributed by atoms with E-state index in [9.17, 15) is 15.0 Å². The van der Waals surface area contributed by atoms with Gasteiger partial charge in [0, 0.05) is 22.6 Å². The second-order valence-corrected chi connectivity index (χ2v) is 7.24. The van der Waals surface area contributed by atoms with Crippen molar-refractivity contribution in [2.24, 2.45) is 4.99 Å². The molecule has 1 heterocycles. The minimum Gasteiger partial charge on any atom is -0.494 e. The van der Waals surface area contributed by atoms with Crippen molar-refractivity contribution in [3.8, 4) is 11.6 Å². The van der Waals surface area contributed by atoms with Crippen LogP contribution < -0.4 is 5.56 Å². The van der Waals surface area contributed by atoms with Crippen LogP contribution in [0.3, 0.4) is 0 Å². The highest BCUT2D eigenvalue weighted by Crippen LogP contribution is 2.28. The van der Waals surface area contributed by atoms with Crippen LogP contribution in [0.15, 0.2) is 76.5 Å². The van der Waals surface area contributed by atoms with E-state index in [2.05, 4.69) is 4.99 Å². The number of aliphatic hydroxyl groups is 1. The highest BCUT2D eigenvalue weighted by molar-refractivity contribution is 6.02. The molecule has 0 fully saturated rings. The number of benzene rings is 3. The molecule has 3 aromatic carbocycles. The summed E-state index contributed by atoms with van der Waals surface area (Å²) in [6.45, 7) is 3.83. The third kappa shape index (κ3) is 3.40. The van der Waals surface area contributed by atoms with Gasteiger partial charge in [-0.2, -0.15) is 0 Å². The molecule has 5 nitrogen and oxygen atoms in total. The van der Waals surface area contributed by atoms with E-state index in [0.717, 1.165) is 11.1 Å². The Morgan fingerprint density at radius 3 is 2.37 bits per heavy atom. The molecule has 0 spiro atoms. The molecule has 0 aliphatic carbocycles. The van der Waals surface area contributed by atoms with E-state index >= 15 is 0 Å². The Kier molecular flexibility index (Phi) is 5.21. The molecule has 0 aliphatic heterocycles. The molecule has 4 aromatic rings. The van der Waals surface area contributed by atoms with Gasteiger partial charge in [0.05, 0.1) is 23.5 Å². The van der Waals surface area contributed by atoms with Gasteiger partial charge in [-0.3, -0.25) is 9.79 Å². The first-order valence-electron chi connectivity index (χ1n) is 9.68. The first-order chi connectivity index (χ1) is 14.5. The number of fused-ring (bicyclic) bond motifs is 1. The molecule has 5 heteroatoms. The van der Waals surface area contributed by atoms with Crippen molar-refractivity contribution in [1.29, 1.82) is 0 Å². The van der Waals surface area contributed by atoms with Gasteiger partial charge in [0.1, 0.15) is 0 Å². The molecule has 0 amide bonds. The van der Waals surface area contributed by atoms with Gasteiger partial charge in [-0.05, 0) is 49.2 Å². The summed E-state index contributed by atoms with van der Waals surface area (Å²) in [6.07, 6.45) is 1.54. The fraction of sp³-hybridized carbons (Fsp3) is 0.120. The fourth-order valence-corrected chi connectivity index (χ4v) is 3.50. The average Bonchev–Trinajstić information content (AvgIpc) is 2.76. The quantitative estimate of drug-likeness (QED) is 0.495. The number of para-hydroxylation sites is 1. The zero-order valence-electron chi connectivity index (χ0n) is 16.8. The lowest BCUT2D eigenvalue weighted by atomic mass is 10.1. The molecule has 150 valence electrons. The summed E-state index contributed by atoms with van der Waals surface area (Å²) in [6, 6.07) is 20.0. The number of aromatic nitrogens is 1. The van der Waals surface area contributed by atoms with Gasteiger partial charge in [0.15, 0.2) is 0 Å². The van der Waals surface area contributed by atoms with E-state index in [0.29, 0.717) is 33.3 Å². The normalized spacial score (nSPS) is 11.4. The Morgan fingerprint density at radius 2 is 1.63 bits per heavy atom. The van der Waals surface area contributed by atoms with Crippen LogP contribution in [-0.4, -0.2) is 21.0 Å². The van der Waals surface area contributed by atoms with Crippen molar-refractivity contribution in [2.45, 2.75) is 20.5 Å². The third-order valence-corrected chi connectivity index (χ3v) is 5.35. The van der Waals surface area contributed by atoms with Crippen LogP contribution in [0.2, 0.25) is 0 Å². The number of rotatable bonds is 4. The van der Waals surface area contributed by atoms with Gasteiger partial charge >= 0.3 is 0 Å². The SMILES string of the molecule is Cc1ccc(-n2c(O)c(C=Nc3ccccc3CO)c3ccccc3c2=O)cc1C. The molecule has 0 bridgehead atoms. The van der Waals surface area contributed by atoms with E-state index in [-0.39, 0.29) is 18.0 Å². The van der Waals surface area contributed by atoms with Gasteiger partial charge in [-0.1, -0.05) is 42.5 Å². The summed E-state index contributed by atoms with van der Waals surface area (Å²) in [5.41, 5.74) is 4.16. The largest absolute Gasteiger partial charge is 0.494 e. The smallest absolute Gasteiger partial charge is 0.265 e. The molecule has 4 rings (SSSR count). The first-order valence-corrected chi connectivity index (χ1v) is 9.68. The molecule has 0 aliphatic rings. The third-order valence-electron chi connectivity index (χ3n) is 5.35. The van der Waals surface area contributed by atoms with Crippen LogP contribution >= 0.6 is 0 Å². The monoisotopic (exact) mass is 398 g/mol. The maximum Gasteiger partial charge on any atom is 0.265 e. The van der Waals surface area contributed by atoms with Crippen molar-refractivity contribution in [1.82, 2.24) is 4.57 Å². The van der Waals surface area contributed by atoms with Crippen molar-refractivity contribution in [3.05, 3.63) is 99.3 Å². The predicted molar refractivity (Wildman–Crippen MR) is 120 cm³/mol. The second kappa shape index (κ2) is 7.97. The highest BCUT2D eigenvalue weighted by atomic mass is 16.3. The van der Waals surface area contributed by atoms with Crippen molar-refractivity contribution in [2.75, 3.05) is 0 Å². The van der Waals surface area contributed by atoms with Gasteiger partial charge in [0.25, 0.3) is 5.56 Å². The standard InChI is InChI=1S/C25H22N2O3/c1-16-11-12-19(13-17(16)2)27-24(29)21-9-5-4-8-20(21)22(25(27)30)14-26-23-10-6-3-7-18(23)15-28/h3-14,28,30H,15H2,1-2H3. The number of aliphatic imine (C=N–C) groups is 1. The lowest BCUT2D eigenvalue weighted by molar-refractivity contribution is 0.282. The molecule has 0 saturated heterocycles. The van der Waals surface area contributed by atoms with Crippen molar-refractivity contribution < 1.29 is 10.2 Å². The summed E-state index contributed by atoms with van der Waals surface area (Å²) in [5.74, 6) is -0.174. The van der Waals surface area contributed by atoms with E-state index in [4.69, 9.17) is 0 Å². The Morgan fingerprint density at radius 1 is 0.933 bits per heavy atom. The van der Waals surface area contributed by atoms with Gasteiger partial charge in [0.2, 0.25) is 5.88 Å². The molecular weight excluding hydrogens is 376 g/mol. The summed E-state index contributed by atoms with van der Waals surface area (Å²) in [5, 5.41) is 21.8. The first kappa shape index (κ1) is 19.6. The maximum atomic E-state index is 13.2. The Balaban J connectivity index is 1.98. The van der Waals surface area contributed by atoms with Crippen LogP contribution in [0.1, 0.15) is 22.3 Å². The summed E-state index contributed by atoms with van der Waals surface area (Å²) >= 11 is 0. The van der Waals surface area contributed by atoms with Crippen LogP contribution in [0.5, 0.6) is 5.88 Å². The molecular formula is C25H22N2O3. The minimum atomic E-state index is -0.292. The van der Waals surface area contributed by atoms with Gasteiger partial charge in [-0.15, -0.1) is 0 Å². The fourth-order valence-electron chi connectivity index (χ4n) is 3.50. The number of hydrogen-bond acceptors (Lipinski definition) is 4. The molecule has 30 heavy (non-hydrogen) atoms. The van der Waals surface area contributed by atoms with Gasteiger partial charge < -0.3 is 10.2 Å². The van der Waals surface area contributed by atoms with Crippen LogP contribution in [0.4, 0.5) is 5.69 Å². The lowest BCUT2D eigenvalue weighted by Crippen LogP contribution is -2.20. The van der Waals surface area contributed by atoms with E-state index in [1.165, 1.54) is 4.57 Å². The van der Waals surface area contributed by atoms with Crippen LogP contribution in [0.25, 0.3) is 16.5 Å². The number of hydrogen-bond donors (Lipinski definition) is 2.